The van der Waals surface area contributed by atoms with Crippen LogP contribution in [0.15, 0.2) is 84.7 Å². The number of nitrogens with one attached hydrogen (secondary N) is 1. The zero-order valence-corrected chi connectivity index (χ0v) is 23.2. The Morgan fingerprint density at radius 1 is 1.12 bits per heavy atom. The Labute approximate surface area is 240 Å². The van der Waals surface area contributed by atoms with Gasteiger partial charge in [-0.2, -0.15) is 13.2 Å². The van der Waals surface area contributed by atoms with Crippen molar-refractivity contribution in [3.05, 3.63) is 101 Å². The van der Waals surface area contributed by atoms with Crippen LogP contribution in [-0.2, 0) is 23.9 Å². The highest BCUT2D eigenvalue weighted by Gasteiger charge is 2.31. The molecule has 2 aromatic heterocycles. The van der Waals surface area contributed by atoms with E-state index in [2.05, 4.69) is 27.1 Å². The third kappa shape index (κ3) is 6.22. The predicted octanol–water partition coefficient (Wildman–Crippen LogP) is 7.73. The third-order valence-corrected chi connectivity index (χ3v) is 8.18. The van der Waals surface area contributed by atoms with Gasteiger partial charge in [0.25, 0.3) is 0 Å². The number of amides is 1. The van der Waals surface area contributed by atoms with Crippen LogP contribution in [0.2, 0.25) is 5.02 Å². The second-order valence-corrected chi connectivity index (χ2v) is 11.1. The number of rotatable bonds is 9. The van der Waals surface area contributed by atoms with E-state index in [9.17, 15) is 18.0 Å². The van der Waals surface area contributed by atoms with Crippen molar-refractivity contribution in [3.63, 3.8) is 0 Å². The highest BCUT2D eigenvalue weighted by Crippen LogP contribution is 2.34. The van der Waals surface area contributed by atoms with Gasteiger partial charge in [0.15, 0.2) is 16.1 Å². The number of carbonyl (C=O) groups excluding carboxylic acids is 1. The van der Waals surface area contributed by atoms with Crippen LogP contribution in [0.3, 0.4) is 0 Å². The van der Waals surface area contributed by atoms with E-state index in [0.29, 0.717) is 33.1 Å². The number of thiazole rings is 1. The monoisotopic (exact) mass is 599 g/mol. The fraction of sp³-hybridized carbons (Fsp3) is 0.143. The minimum absolute atomic E-state index is 0.0547. The minimum atomic E-state index is -4.46. The molecule has 3 aromatic carbocycles. The Bertz CT molecular complexity index is 1690. The van der Waals surface area contributed by atoms with Crippen LogP contribution in [-0.4, -0.2) is 31.4 Å². The van der Waals surface area contributed by atoms with E-state index < -0.39 is 11.7 Å². The van der Waals surface area contributed by atoms with E-state index >= 15 is 0 Å². The standard InChI is InChI=1S/C28H21ClF3N5OS2/c1-2-12-37-25(22-9-5-7-17-6-3-4-8-21(17)22)35-36-27(37)39-16-24(38)34-26-33-15-20(40-26)14-18-13-19(28(30,31)32)10-11-23(18)29/h2-11,13,15H,1,12,14,16H2,(H,33,34,38). The van der Waals surface area contributed by atoms with Crippen molar-refractivity contribution >= 4 is 56.5 Å². The van der Waals surface area contributed by atoms with Crippen LogP contribution >= 0.6 is 34.7 Å². The van der Waals surface area contributed by atoms with Crippen LogP contribution in [0.1, 0.15) is 16.0 Å². The summed E-state index contributed by atoms with van der Waals surface area (Å²) in [7, 11) is 0. The van der Waals surface area contributed by atoms with Gasteiger partial charge < -0.3 is 5.32 Å². The van der Waals surface area contributed by atoms with Gasteiger partial charge in [0.1, 0.15) is 0 Å². The maximum atomic E-state index is 13.1. The SMILES string of the molecule is C=CCn1c(SCC(=O)Nc2ncc(Cc3cc(C(F)(F)F)ccc3Cl)s2)nnc1-c1cccc2ccccc12. The second kappa shape index (κ2) is 11.8. The normalized spacial score (nSPS) is 11.6. The number of allylic oxidation sites excluding steroid dienone is 1. The molecule has 1 N–H and O–H groups in total. The molecule has 12 heteroatoms. The molecule has 0 saturated heterocycles. The van der Waals surface area contributed by atoms with Crippen molar-refractivity contribution in [2.45, 2.75) is 24.3 Å². The van der Waals surface area contributed by atoms with Gasteiger partial charge in [-0.15, -0.1) is 28.1 Å². The summed E-state index contributed by atoms with van der Waals surface area (Å²) in [5.74, 6) is 0.430. The molecule has 0 aliphatic rings. The first kappa shape index (κ1) is 27.9. The lowest BCUT2D eigenvalue weighted by Crippen LogP contribution is -2.14. The number of carbonyl (C=O) groups is 1. The van der Waals surface area contributed by atoms with Gasteiger partial charge in [0, 0.05) is 34.6 Å². The fourth-order valence-corrected chi connectivity index (χ4v) is 5.90. The Hall–Kier alpha value is -3.67. The summed E-state index contributed by atoms with van der Waals surface area (Å²) in [6.45, 7) is 4.31. The molecule has 0 bridgehead atoms. The van der Waals surface area contributed by atoms with Gasteiger partial charge >= 0.3 is 6.18 Å². The molecule has 0 fully saturated rings. The molecule has 0 aliphatic carbocycles. The topological polar surface area (TPSA) is 72.7 Å². The van der Waals surface area contributed by atoms with Crippen LogP contribution in [0.25, 0.3) is 22.2 Å². The van der Waals surface area contributed by atoms with Crippen molar-refractivity contribution in [3.8, 4) is 11.4 Å². The summed E-state index contributed by atoms with van der Waals surface area (Å²) in [5, 5.41) is 14.7. The van der Waals surface area contributed by atoms with Crippen LogP contribution in [0.5, 0.6) is 0 Å². The molecule has 0 aliphatic heterocycles. The van der Waals surface area contributed by atoms with Crippen molar-refractivity contribution < 1.29 is 18.0 Å². The highest BCUT2D eigenvalue weighted by molar-refractivity contribution is 7.99. The van der Waals surface area contributed by atoms with Gasteiger partial charge in [-0.05, 0) is 34.5 Å². The Kier molecular flexibility index (Phi) is 8.24. The van der Waals surface area contributed by atoms with Gasteiger partial charge in [0.2, 0.25) is 5.91 Å². The summed E-state index contributed by atoms with van der Waals surface area (Å²) >= 11 is 8.52. The zero-order chi connectivity index (χ0) is 28.3. The molecular formula is C28H21ClF3N5OS2. The number of nitrogens with zero attached hydrogens (tertiary/aromatic N) is 4. The lowest BCUT2D eigenvalue weighted by Gasteiger charge is -2.10. The van der Waals surface area contributed by atoms with Gasteiger partial charge in [-0.25, -0.2) is 4.98 Å². The lowest BCUT2D eigenvalue weighted by molar-refractivity contribution is -0.137. The quantitative estimate of drug-likeness (QED) is 0.139. The van der Waals surface area contributed by atoms with E-state index in [-0.39, 0.29) is 23.1 Å². The van der Waals surface area contributed by atoms with Crippen molar-refractivity contribution in [2.75, 3.05) is 11.1 Å². The molecule has 0 unspecified atom stereocenters. The fourth-order valence-electron chi connectivity index (χ4n) is 4.12. The van der Waals surface area contributed by atoms with Crippen molar-refractivity contribution in [1.29, 1.82) is 0 Å². The molecule has 6 nitrogen and oxygen atoms in total. The smallest absolute Gasteiger partial charge is 0.301 e. The maximum absolute atomic E-state index is 13.1. The molecule has 2 heterocycles. The average molecular weight is 600 g/mol. The number of anilines is 1. The Morgan fingerprint density at radius 3 is 2.73 bits per heavy atom. The van der Waals surface area contributed by atoms with E-state index in [1.165, 1.54) is 35.4 Å². The first-order valence-electron chi connectivity index (χ1n) is 12.0. The van der Waals surface area contributed by atoms with Gasteiger partial charge in [-0.1, -0.05) is 71.9 Å². The molecule has 5 rings (SSSR count). The number of hydrogen-bond acceptors (Lipinski definition) is 6. The molecule has 204 valence electrons. The number of fused-ring (bicyclic) bond motifs is 1. The number of halogens is 4. The van der Waals surface area contributed by atoms with E-state index in [1.807, 2.05) is 47.0 Å². The van der Waals surface area contributed by atoms with E-state index in [4.69, 9.17) is 11.6 Å². The number of thioether (sulfide) groups is 1. The maximum Gasteiger partial charge on any atom is 0.416 e. The Morgan fingerprint density at radius 2 is 1.93 bits per heavy atom. The van der Waals surface area contributed by atoms with E-state index in [1.54, 1.807) is 6.08 Å². The zero-order valence-electron chi connectivity index (χ0n) is 20.8. The minimum Gasteiger partial charge on any atom is -0.301 e. The molecule has 0 atom stereocenters. The van der Waals surface area contributed by atoms with Gasteiger partial charge in [0.05, 0.1) is 11.3 Å². The molecule has 0 spiro atoms. The van der Waals surface area contributed by atoms with Gasteiger partial charge in [-0.3, -0.25) is 9.36 Å². The molecule has 5 aromatic rings. The summed E-state index contributed by atoms with van der Waals surface area (Å²) in [4.78, 5) is 17.5. The number of hydrogen-bond donors (Lipinski definition) is 1. The molecular weight excluding hydrogens is 579 g/mol. The summed E-state index contributed by atoms with van der Waals surface area (Å²) in [5.41, 5.74) is 0.493. The number of alkyl halides is 3. The van der Waals surface area contributed by atoms with Crippen LogP contribution < -0.4 is 5.32 Å². The van der Waals surface area contributed by atoms with Crippen LogP contribution in [0.4, 0.5) is 18.3 Å². The first-order chi connectivity index (χ1) is 19.2. The van der Waals surface area contributed by atoms with E-state index in [0.717, 1.165) is 28.5 Å². The number of aromatic nitrogens is 4. The summed E-state index contributed by atoms with van der Waals surface area (Å²) in [6, 6.07) is 17.2. The molecule has 0 saturated carbocycles. The Balaban J connectivity index is 1.26. The predicted molar refractivity (Wildman–Crippen MR) is 154 cm³/mol. The molecule has 40 heavy (non-hydrogen) atoms. The summed E-state index contributed by atoms with van der Waals surface area (Å²) in [6.07, 6.45) is -1.04. The molecule has 0 radical (unpaired) electrons. The molecule has 1 amide bonds. The number of benzene rings is 3. The summed E-state index contributed by atoms with van der Waals surface area (Å²) < 4.78 is 41.2. The van der Waals surface area contributed by atoms with Crippen molar-refractivity contribution in [1.82, 2.24) is 19.7 Å². The third-order valence-electron chi connectivity index (χ3n) is 5.93. The highest BCUT2D eigenvalue weighted by atomic mass is 35.5. The van der Waals surface area contributed by atoms with Crippen LogP contribution in [0, 0.1) is 0 Å². The largest absolute Gasteiger partial charge is 0.416 e. The van der Waals surface area contributed by atoms with Crippen molar-refractivity contribution in [2.24, 2.45) is 0 Å². The first-order valence-corrected chi connectivity index (χ1v) is 14.2. The average Bonchev–Trinajstić information content (AvgIpc) is 3.54. The second-order valence-electron chi connectivity index (χ2n) is 8.68. The lowest BCUT2D eigenvalue weighted by atomic mass is 10.0.